The Morgan fingerprint density at radius 2 is 2.12 bits per heavy atom. The van der Waals surface area contributed by atoms with E-state index in [9.17, 15) is 14.9 Å². The molecule has 1 aliphatic heterocycles. The molecule has 1 saturated carbocycles. The van der Waals surface area contributed by atoms with Crippen LogP contribution in [-0.4, -0.2) is 71.0 Å². The summed E-state index contributed by atoms with van der Waals surface area (Å²) in [6.07, 6.45) is 4.92. The maximum atomic E-state index is 11.8. The van der Waals surface area contributed by atoms with E-state index in [1.807, 2.05) is 4.90 Å². The molecule has 1 aromatic rings. The topological polar surface area (TPSA) is 117 Å². The zero-order chi connectivity index (χ0) is 18.5. The fourth-order valence-corrected chi connectivity index (χ4v) is 2.73. The predicted octanol–water partition coefficient (Wildman–Crippen LogP) is 0.383. The van der Waals surface area contributed by atoms with Gasteiger partial charge < -0.3 is 15.5 Å². The summed E-state index contributed by atoms with van der Waals surface area (Å²) in [5.74, 6) is 0.740. The molecule has 0 bridgehead atoms. The number of piperazine rings is 1. The average molecular weight is 361 g/mol. The normalized spacial score (nSPS) is 17.6. The van der Waals surface area contributed by atoms with Crippen LogP contribution < -0.4 is 15.5 Å². The molecule has 0 unspecified atom stereocenters. The van der Waals surface area contributed by atoms with Crippen molar-refractivity contribution in [2.45, 2.75) is 18.9 Å². The van der Waals surface area contributed by atoms with Crippen molar-refractivity contribution in [2.24, 2.45) is 0 Å². The van der Waals surface area contributed by atoms with Gasteiger partial charge >= 0.3 is 5.69 Å². The molecule has 2 N–H and O–H groups in total. The van der Waals surface area contributed by atoms with Gasteiger partial charge in [-0.2, -0.15) is 4.98 Å². The van der Waals surface area contributed by atoms with Crippen LogP contribution in [0.4, 0.5) is 17.5 Å². The van der Waals surface area contributed by atoms with Crippen LogP contribution in [0.25, 0.3) is 0 Å². The van der Waals surface area contributed by atoms with Gasteiger partial charge in [-0.05, 0) is 12.8 Å². The lowest BCUT2D eigenvalue weighted by Crippen LogP contribution is -2.50. The van der Waals surface area contributed by atoms with Crippen LogP contribution in [0.15, 0.2) is 18.9 Å². The first-order chi connectivity index (χ1) is 12.6. The van der Waals surface area contributed by atoms with E-state index in [1.54, 1.807) is 6.08 Å². The number of aromatic nitrogens is 2. The highest BCUT2D eigenvalue weighted by atomic mass is 16.6. The zero-order valence-electron chi connectivity index (χ0n) is 14.6. The van der Waals surface area contributed by atoms with Crippen LogP contribution >= 0.6 is 0 Å². The highest BCUT2D eigenvalue weighted by Gasteiger charge is 2.28. The third kappa shape index (κ3) is 4.66. The molecule has 10 heteroatoms. The van der Waals surface area contributed by atoms with Crippen molar-refractivity contribution < 1.29 is 9.72 Å². The Bertz CT molecular complexity index is 684. The first kappa shape index (κ1) is 18.1. The smallest absolute Gasteiger partial charge is 0.329 e. The summed E-state index contributed by atoms with van der Waals surface area (Å²) < 4.78 is 0. The highest BCUT2D eigenvalue weighted by molar-refractivity contribution is 5.78. The first-order valence-corrected chi connectivity index (χ1v) is 8.69. The van der Waals surface area contributed by atoms with Gasteiger partial charge in [-0.25, -0.2) is 4.98 Å². The van der Waals surface area contributed by atoms with Crippen LogP contribution in [0, 0.1) is 10.1 Å². The molecule has 2 fully saturated rings. The third-order valence-corrected chi connectivity index (χ3v) is 4.34. The number of amides is 1. The molecule has 2 aliphatic rings. The van der Waals surface area contributed by atoms with E-state index in [-0.39, 0.29) is 23.5 Å². The maximum absolute atomic E-state index is 11.8. The van der Waals surface area contributed by atoms with Crippen molar-refractivity contribution >= 4 is 23.4 Å². The lowest BCUT2D eigenvalue weighted by Gasteiger charge is -2.34. The molecule has 3 rings (SSSR count). The molecule has 2 heterocycles. The number of rotatable bonds is 8. The molecule has 140 valence electrons. The van der Waals surface area contributed by atoms with Gasteiger partial charge in [-0.15, -0.1) is 6.58 Å². The summed E-state index contributed by atoms with van der Waals surface area (Å²) in [4.78, 5) is 35.0. The van der Waals surface area contributed by atoms with Gasteiger partial charge in [-0.1, -0.05) is 6.08 Å². The summed E-state index contributed by atoms with van der Waals surface area (Å²) in [5.41, 5.74) is -0.0989. The minimum absolute atomic E-state index is 0.0270. The second kappa shape index (κ2) is 8.09. The van der Waals surface area contributed by atoms with E-state index in [1.165, 1.54) is 6.20 Å². The molecule has 1 aliphatic carbocycles. The monoisotopic (exact) mass is 361 g/mol. The van der Waals surface area contributed by atoms with Crippen LogP contribution in [0.3, 0.4) is 0 Å². The number of carbonyl (C=O) groups is 1. The number of hydrogen-bond acceptors (Lipinski definition) is 8. The number of hydrogen-bond donors (Lipinski definition) is 2. The average Bonchev–Trinajstić information content (AvgIpc) is 3.44. The van der Waals surface area contributed by atoms with Crippen molar-refractivity contribution in [3.05, 3.63) is 29.0 Å². The SMILES string of the molecule is C=CCNC(=O)CN1CCN(c2ncc([N+](=O)[O-])c(NC3CC3)n2)CC1. The Morgan fingerprint density at radius 1 is 1.38 bits per heavy atom. The van der Waals surface area contributed by atoms with Gasteiger partial charge in [0.1, 0.15) is 6.20 Å². The molecule has 10 nitrogen and oxygen atoms in total. The number of nitrogens with zero attached hydrogens (tertiary/aromatic N) is 5. The molecular weight excluding hydrogens is 338 g/mol. The molecule has 1 aromatic heterocycles. The minimum Gasteiger partial charge on any atom is -0.361 e. The van der Waals surface area contributed by atoms with Crippen LogP contribution in [-0.2, 0) is 4.79 Å². The fraction of sp³-hybridized carbons (Fsp3) is 0.562. The summed E-state index contributed by atoms with van der Waals surface area (Å²) in [6.45, 7) is 7.11. The Kier molecular flexibility index (Phi) is 5.61. The van der Waals surface area contributed by atoms with Crippen molar-refractivity contribution in [1.82, 2.24) is 20.2 Å². The van der Waals surface area contributed by atoms with E-state index in [0.29, 0.717) is 45.2 Å². The van der Waals surface area contributed by atoms with E-state index in [2.05, 4.69) is 32.1 Å². The van der Waals surface area contributed by atoms with Crippen molar-refractivity contribution in [3.8, 4) is 0 Å². The first-order valence-electron chi connectivity index (χ1n) is 8.69. The number of nitro groups is 1. The lowest BCUT2D eigenvalue weighted by atomic mass is 10.3. The predicted molar refractivity (Wildman–Crippen MR) is 97.2 cm³/mol. The largest absolute Gasteiger partial charge is 0.361 e. The van der Waals surface area contributed by atoms with Gasteiger partial charge in [0.05, 0.1) is 11.5 Å². The Morgan fingerprint density at radius 3 is 2.73 bits per heavy atom. The number of carbonyl (C=O) groups excluding carboxylic acids is 1. The summed E-state index contributed by atoms with van der Waals surface area (Å²) in [7, 11) is 0. The van der Waals surface area contributed by atoms with Gasteiger partial charge in [0.25, 0.3) is 0 Å². The van der Waals surface area contributed by atoms with Gasteiger partial charge in [0, 0.05) is 38.8 Å². The maximum Gasteiger partial charge on any atom is 0.329 e. The number of nitrogens with one attached hydrogen (secondary N) is 2. The van der Waals surface area contributed by atoms with Gasteiger partial charge in [0.2, 0.25) is 17.7 Å². The molecule has 1 amide bonds. The van der Waals surface area contributed by atoms with Crippen LogP contribution in [0.1, 0.15) is 12.8 Å². The molecule has 1 saturated heterocycles. The molecule has 0 aromatic carbocycles. The molecule has 0 radical (unpaired) electrons. The van der Waals surface area contributed by atoms with E-state index < -0.39 is 4.92 Å². The molecule has 0 atom stereocenters. The van der Waals surface area contributed by atoms with Gasteiger partial charge in [-0.3, -0.25) is 19.8 Å². The fourth-order valence-electron chi connectivity index (χ4n) is 2.73. The Balaban J connectivity index is 1.59. The Hall–Kier alpha value is -2.75. The second-order valence-electron chi connectivity index (χ2n) is 6.44. The van der Waals surface area contributed by atoms with Crippen molar-refractivity contribution in [1.29, 1.82) is 0 Å². The Labute approximate surface area is 151 Å². The lowest BCUT2D eigenvalue weighted by molar-refractivity contribution is -0.384. The third-order valence-electron chi connectivity index (χ3n) is 4.34. The highest BCUT2D eigenvalue weighted by Crippen LogP contribution is 2.30. The molecular formula is C16H23N7O3. The van der Waals surface area contributed by atoms with Crippen molar-refractivity contribution in [3.63, 3.8) is 0 Å². The number of anilines is 2. The van der Waals surface area contributed by atoms with Crippen LogP contribution in [0.5, 0.6) is 0 Å². The van der Waals surface area contributed by atoms with E-state index in [4.69, 9.17) is 0 Å². The summed E-state index contributed by atoms with van der Waals surface area (Å²) >= 11 is 0. The zero-order valence-corrected chi connectivity index (χ0v) is 14.6. The van der Waals surface area contributed by atoms with E-state index >= 15 is 0 Å². The summed E-state index contributed by atoms with van der Waals surface area (Å²) in [5, 5.41) is 17.0. The van der Waals surface area contributed by atoms with Crippen molar-refractivity contribution in [2.75, 3.05) is 49.5 Å². The quantitative estimate of drug-likeness (QED) is 0.388. The minimum atomic E-state index is -0.464. The molecule has 26 heavy (non-hydrogen) atoms. The van der Waals surface area contributed by atoms with Gasteiger partial charge in [0.15, 0.2) is 0 Å². The standard InChI is InChI=1S/C16H23N7O3/c1-2-5-17-14(24)11-21-6-8-22(9-7-21)16-18-10-13(23(25)26)15(20-16)19-12-3-4-12/h2,10,12H,1,3-9,11H2,(H,17,24)(H,18,19,20). The van der Waals surface area contributed by atoms with Crippen LogP contribution in [0.2, 0.25) is 0 Å². The second-order valence-corrected chi connectivity index (χ2v) is 6.44. The van der Waals surface area contributed by atoms with E-state index in [0.717, 1.165) is 12.8 Å². The summed E-state index contributed by atoms with van der Waals surface area (Å²) in [6, 6.07) is 0.266. The molecule has 0 spiro atoms.